The van der Waals surface area contributed by atoms with Crippen LogP contribution in [0.25, 0.3) is 0 Å². The standard InChI is InChI=1S/C35H57NS3.6CH3.2Sn/c1-3-5-7-9-11-13-15-17-19-21-23-32-25-27-38(30-32)34-29-36-35(37-34)39-28-26-33(31-39)24-22-20-18-16-14-12-10-8-6-4-2;;;;;;;;/h25-26,29-31,38-39H,3-24H2,1-2H3;6*1H3;;. The maximum atomic E-state index is 5.25. The molecule has 270 valence electrons. The van der Waals surface area contributed by atoms with E-state index in [0.717, 1.165) is 0 Å². The minimum atomic E-state index is -2.23. The van der Waals surface area contributed by atoms with Gasteiger partial charge in [-0.15, -0.1) is 0 Å². The van der Waals surface area contributed by atoms with E-state index in [1.165, 1.54) is 146 Å². The van der Waals surface area contributed by atoms with Crippen LogP contribution in [0.15, 0.2) is 54.7 Å². The van der Waals surface area contributed by atoms with E-state index in [1.54, 1.807) is 15.4 Å². The van der Waals surface area contributed by atoms with E-state index in [1.807, 2.05) is 5.84 Å². The average molecular weight is 916 g/mol. The number of aromatic nitrogens is 1. The number of rotatable bonds is 26. The van der Waals surface area contributed by atoms with Crippen LogP contribution in [0.1, 0.15) is 155 Å². The van der Waals surface area contributed by atoms with Crippen molar-refractivity contribution in [2.24, 2.45) is 0 Å². The van der Waals surface area contributed by atoms with Crippen LogP contribution in [0, 0.1) is 0 Å². The summed E-state index contributed by atoms with van der Waals surface area (Å²) in [7, 11) is -0.652. The van der Waals surface area contributed by atoms with Gasteiger partial charge in [0.05, 0.1) is 0 Å². The molecule has 2 aliphatic rings. The summed E-state index contributed by atoms with van der Waals surface area (Å²) in [5.41, 5.74) is 3.30. The Bertz CT molecular complexity index is 1080. The van der Waals surface area contributed by atoms with Crippen LogP contribution in [-0.4, -0.2) is 41.7 Å². The van der Waals surface area contributed by atoms with Gasteiger partial charge in [-0.1, -0.05) is 39.5 Å². The van der Waals surface area contributed by atoms with Crippen molar-refractivity contribution < 1.29 is 0 Å². The first-order chi connectivity index (χ1) is 22.5. The Balaban J connectivity index is 1.54. The molecular weight excluding hydrogens is 840 g/mol. The molecule has 0 aliphatic carbocycles. The van der Waals surface area contributed by atoms with E-state index in [2.05, 4.69) is 84.0 Å². The quantitative estimate of drug-likeness (QED) is 0.0536. The van der Waals surface area contributed by atoms with Crippen LogP contribution >= 0.6 is 33.1 Å². The molecule has 0 amide bonds. The topological polar surface area (TPSA) is 12.9 Å². The zero-order valence-electron chi connectivity index (χ0n) is 32.2. The van der Waals surface area contributed by atoms with E-state index in [9.17, 15) is 0 Å². The van der Waals surface area contributed by atoms with Crippen molar-refractivity contribution in [1.82, 2.24) is 4.98 Å². The molecule has 2 unspecified atom stereocenters. The van der Waals surface area contributed by atoms with E-state index >= 15 is 0 Å². The maximum absolute atomic E-state index is 5.25. The summed E-state index contributed by atoms with van der Waals surface area (Å²) in [4.78, 5) is 21.0. The van der Waals surface area contributed by atoms with Crippen LogP contribution < -0.4 is 0 Å². The number of nitrogens with zero attached hydrogens (tertiary/aromatic N) is 1. The first kappa shape index (κ1) is 42.3. The third-order valence-corrected chi connectivity index (χ3v) is 38.5. The van der Waals surface area contributed by atoms with Crippen LogP contribution in [0.2, 0.25) is 29.6 Å². The fourth-order valence-corrected chi connectivity index (χ4v) is 34.6. The number of thiazole rings is 1. The van der Waals surface area contributed by atoms with E-state index in [-0.39, 0.29) is 21.8 Å². The van der Waals surface area contributed by atoms with Gasteiger partial charge in [-0.05, 0) is 0 Å². The number of hydrogen-bond acceptors (Lipinski definition) is 2. The van der Waals surface area contributed by atoms with Crippen molar-refractivity contribution in [3.8, 4) is 0 Å². The molecule has 1 aromatic rings. The number of thiol groups is 2. The van der Waals surface area contributed by atoms with Gasteiger partial charge >= 0.3 is 275 Å². The molecule has 3 heterocycles. The number of unbranched alkanes of at least 4 members (excludes halogenated alkanes) is 18. The van der Waals surface area contributed by atoms with Crippen molar-refractivity contribution >= 4 is 69.9 Å². The van der Waals surface area contributed by atoms with Crippen LogP contribution in [-0.2, 0) is 0 Å². The second kappa shape index (κ2) is 22.7. The second-order valence-electron chi connectivity index (χ2n) is 16.6. The Morgan fingerprint density at radius 1 is 0.511 bits per heavy atom. The van der Waals surface area contributed by atoms with Crippen LogP contribution in [0.5, 0.6) is 0 Å². The Labute approximate surface area is 311 Å². The van der Waals surface area contributed by atoms with Gasteiger partial charge in [0, 0.05) is 0 Å². The number of allylic oxidation sites excluding steroid dienone is 4. The van der Waals surface area contributed by atoms with Gasteiger partial charge in [-0.2, -0.15) is 0 Å². The molecule has 2 atom stereocenters. The van der Waals surface area contributed by atoms with Gasteiger partial charge in [-0.3, -0.25) is 0 Å². The van der Waals surface area contributed by atoms with Gasteiger partial charge in [-0.25, -0.2) is 0 Å². The summed E-state index contributed by atoms with van der Waals surface area (Å²) in [6.45, 7) is 4.62. The number of hydrogen-bond donors (Lipinski definition) is 2. The van der Waals surface area contributed by atoms with Gasteiger partial charge < -0.3 is 0 Å². The Kier molecular flexibility index (Phi) is 20.5. The van der Waals surface area contributed by atoms with Crippen LogP contribution in [0.3, 0.4) is 0 Å². The van der Waals surface area contributed by atoms with Gasteiger partial charge in [0.25, 0.3) is 0 Å². The molecule has 6 heteroatoms. The molecule has 47 heavy (non-hydrogen) atoms. The van der Waals surface area contributed by atoms with Crippen molar-refractivity contribution in [1.29, 1.82) is 0 Å². The molecular formula is C41H75NS3Sn2. The molecule has 0 radical (unpaired) electrons. The molecule has 0 N–H and O–H groups in total. The first-order valence-corrected chi connectivity index (χ1v) is 43.6. The first-order valence-electron chi connectivity index (χ1n) is 19.9. The molecule has 0 bridgehead atoms. The summed E-state index contributed by atoms with van der Waals surface area (Å²) < 4.78 is 6.76. The Morgan fingerprint density at radius 2 is 0.872 bits per heavy atom. The fourth-order valence-electron chi connectivity index (χ4n) is 6.92. The summed E-state index contributed by atoms with van der Waals surface area (Å²) in [5.74, 6) is 0. The molecule has 1 aromatic heterocycles. The zero-order valence-corrected chi connectivity index (χ0v) is 40.5. The second-order valence-corrected chi connectivity index (χ2v) is 53.2. The third kappa shape index (κ3) is 15.6. The van der Waals surface area contributed by atoms with E-state index in [0.29, 0.717) is 0 Å². The predicted octanol–water partition coefficient (Wildman–Crippen LogP) is 15.8. The molecule has 0 aromatic carbocycles. The molecule has 2 aliphatic heterocycles. The summed E-state index contributed by atoms with van der Waals surface area (Å²) in [6, 6.07) is 0. The predicted molar refractivity (Wildman–Crippen MR) is 229 cm³/mol. The van der Waals surface area contributed by atoms with E-state index in [4.69, 9.17) is 4.98 Å². The molecule has 0 saturated carbocycles. The molecule has 0 fully saturated rings. The molecule has 0 saturated heterocycles. The summed E-state index contributed by atoms with van der Waals surface area (Å²) in [6.07, 6.45) is 38.7. The van der Waals surface area contributed by atoms with Crippen molar-refractivity contribution in [3.63, 3.8) is 0 Å². The summed E-state index contributed by atoms with van der Waals surface area (Å²) >= 11 is -2.34. The minimum absolute atomic E-state index is 0.302. The summed E-state index contributed by atoms with van der Waals surface area (Å²) in [5, 5.41) is 5.43. The van der Waals surface area contributed by atoms with Gasteiger partial charge in [0.2, 0.25) is 0 Å². The normalized spacial score (nSPS) is 20.0. The average Bonchev–Trinajstić information content (AvgIpc) is 3.77. The van der Waals surface area contributed by atoms with Gasteiger partial charge in [0.1, 0.15) is 0 Å². The fraction of sp³-hybridized carbons (Fsp3) is 0.732. The Hall–Kier alpha value is 0.887. The van der Waals surface area contributed by atoms with Crippen molar-refractivity contribution in [2.75, 3.05) is 0 Å². The van der Waals surface area contributed by atoms with Crippen LogP contribution in [0.4, 0.5) is 0 Å². The van der Waals surface area contributed by atoms with Crippen molar-refractivity contribution in [2.45, 2.75) is 193 Å². The SMILES string of the molecule is CCCCCCCCCCCCC1=C[SH](c2cnc([SH]3C=C(CCCCCCCCCCCC)C=[C]3[Sn]([CH3])([CH3])[CH3])s2)[C]([Sn]([CH3])([CH3])[CH3])=C1. The molecule has 1 nitrogen and oxygen atoms in total. The monoisotopic (exact) mass is 917 g/mol. The van der Waals surface area contributed by atoms with E-state index < -0.39 is 36.8 Å². The molecule has 3 rings (SSSR count). The van der Waals surface area contributed by atoms with Crippen molar-refractivity contribution in [3.05, 3.63) is 46.2 Å². The Morgan fingerprint density at radius 3 is 1.28 bits per heavy atom. The van der Waals surface area contributed by atoms with Gasteiger partial charge in [0.15, 0.2) is 0 Å². The zero-order chi connectivity index (χ0) is 34.1. The molecule has 0 spiro atoms. The third-order valence-electron chi connectivity index (χ3n) is 9.85.